The van der Waals surface area contributed by atoms with Crippen LogP contribution in [0.25, 0.3) is 0 Å². The lowest BCUT2D eigenvalue weighted by Crippen LogP contribution is -2.46. The van der Waals surface area contributed by atoms with Gasteiger partial charge in [-0.25, -0.2) is 4.98 Å². The number of hydrogen-bond donors (Lipinski definition) is 0. The zero-order valence-corrected chi connectivity index (χ0v) is 14.0. The maximum absolute atomic E-state index is 12.6. The zero-order chi connectivity index (χ0) is 17.3. The van der Waals surface area contributed by atoms with Crippen LogP contribution >= 0.6 is 23.2 Å². The normalized spacial score (nSPS) is 15.7. The number of piperazine rings is 1. The second kappa shape index (κ2) is 6.69. The van der Waals surface area contributed by atoms with Crippen LogP contribution in [0.5, 0.6) is 0 Å². The maximum atomic E-state index is 12.6. The molecule has 0 N–H and O–H groups in total. The molecule has 128 valence electrons. The van der Waals surface area contributed by atoms with Gasteiger partial charge in [0, 0.05) is 38.1 Å². The van der Waals surface area contributed by atoms with Crippen LogP contribution in [0.1, 0.15) is 5.56 Å². The molecular weight excluding hydrogens is 362 g/mol. The number of nitrogens with zero attached hydrogens (tertiary/aromatic N) is 3. The van der Waals surface area contributed by atoms with Crippen LogP contribution in [0.15, 0.2) is 36.5 Å². The molecule has 1 aliphatic heterocycles. The number of alkyl halides is 3. The fraction of sp³-hybridized carbons (Fsp3) is 0.312. The quantitative estimate of drug-likeness (QED) is 0.755. The second-order valence-corrected chi connectivity index (χ2v) is 6.29. The Hall–Kier alpha value is -1.66. The Labute approximate surface area is 147 Å². The SMILES string of the molecule is FC(F)(F)c1ccc(N2CCN(c3ccc(Cl)c(Cl)c3)CC2)nc1. The first-order valence-corrected chi connectivity index (χ1v) is 8.08. The number of benzene rings is 1. The van der Waals surface area contributed by atoms with Crippen molar-refractivity contribution in [2.75, 3.05) is 36.0 Å². The smallest absolute Gasteiger partial charge is 0.368 e. The van der Waals surface area contributed by atoms with Gasteiger partial charge in [0.25, 0.3) is 0 Å². The van der Waals surface area contributed by atoms with Crippen molar-refractivity contribution in [3.8, 4) is 0 Å². The van der Waals surface area contributed by atoms with E-state index in [1.165, 1.54) is 6.07 Å². The molecule has 1 aromatic carbocycles. The predicted molar refractivity (Wildman–Crippen MR) is 90.1 cm³/mol. The van der Waals surface area contributed by atoms with E-state index >= 15 is 0 Å². The lowest BCUT2D eigenvalue weighted by atomic mass is 10.2. The molecule has 0 aliphatic carbocycles. The third-order valence-electron chi connectivity index (χ3n) is 3.95. The van der Waals surface area contributed by atoms with Crippen LogP contribution in [0, 0.1) is 0 Å². The Balaban J connectivity index is 1.65. The molecule has 0 saturated carbocycles. The summed E-state index contributed by atoms with van der Waals surface area (Å²) in [6.07, 6.45) is -3.49. The van der Waals surface area contributed by atoms with Crippen molar-refractivity contribution in [2.24, 2.45) is 0 Å². The van der Waals surface area contributed by atoms with Gasteiger partial charge in [-0.2, -0.15) is 13.2 Å². The number of hydrogen-bond acceptors (Lipinski definition) is 3. The third-order valence-corrected chi connectivity index (χ3v) is 4.69. The van der Waals surface area contributed by atoms with Crippen LogP contribution in [0.2, 0.25) is 10.0 Å². The van der Waals surface area contributed by atoms with Crippen LogP contribution in [0.3, 0.4) is 0 Å². The van der Waals surface area contributed by atoms with Crippen molar-refractivity contribution < 1.29 is 13.2 Å². The molecule has 1 aromatic heterocycles. The van der Waals surface area contributed by atoms with E-state index < -0.39 is 11.7 Å². The summed E-state index contributed by atoms with van der Waals surface area (Å²) in [5.41, 5.74) is 0.241. The van der Waals surface area contributed by atoms with Crippen molar-refractivity contribution in [2.45, 2.75) is 6.18 Å². The lowest BCUT2D eigenvalue weighted by Gasteiger charge is -2.36. The maximum Gasteiger partial charge on any atom is 0.417 e. The highest BCUT2D eigenvalue weighted by atomic mass is 35.5. The Morgan fingerprint density at radius 1 is 0.875 bits per heavy atom. The average Bonchev–Trinajstić information content (AvgIpc) is 2.57. The summed E-state index contributed by atoms with van der Waals surface area (Å²) >= 11 is 12.0. The van der Waals surface area contributed by atoms with E-state index in [2.05, 4.69) is 9.88 Å². The minimum Gasteiger partial charge on any atom is -0.368 e. The molecule has 8 heteroatoms. The van der Waals surface area contributed by atoms with Crippen molar-refractivity contribution in [1.82, 2.24) is 4.98 Å². The zero-order valence-electron chi connectivity index (χ0n) is 12.5. The molecule has 0 bridgehead atoms. The van der Waals surface area contributed by atoms with Crippen molar-refractivity contribution in [1.29, 1.82) is 0 Å². The summed E-state index contributed by atoms with van der Waals surface area (Å²) in [6, 6.07) is 7.95. The summed E-state index contributed by atoms with van der Waals surface area (Å²) in [4.78, 5) is 8.06. The van der Waals surface area contributed by atoms with Gasteiger partial charge in [-0.1, -0.05) is 23.2 Å². The van der Waals surface area contributed by atoms with E-state index in [0.29, 0.717) is 29.0 Å². The molecule has 0 atom stereocenters. The first kappa shape index (κ1) is 17.2. The Bertz CT molecular complexity index is 711. The van der Waals surface area contributed by atoms with Gasteiger partial charge in [0.15, 0.2) is 0 Å². The minimum atomic E-state index is -4.36. The summed E-state index contributed by atoms with van der Waals surface area (Å²) in [7, 11) is 0. The average molecular weight is 376 g/mol. The fourth-order valence-electron chi connectivity index (χ4n) is 2.62. The standard InChI is InChI=1S/C16H14Cl2F3N3/c17-13-3-2-12(9-14(13)18)23-5-7-24(8-6-23)15-4-1-11(10-22-15)16(19,20)21/h1-4,9-10H,5-8H2. The number of aromatic nitrogens is 1. The van der Waals surface area contributed by atoms with Gasteiger partial charge in [-0.05, 0) is 30.3 Å². The van der Waals surface area contributed by atoms with Gasteiger partial charge in [0.05, 0.1) is 15.6 Å². The van der Waals surface area contributed by atoms with E-state index in [0.717, 1.165) is 31.0 Å². The number of pyridine rings is 1. The third kappa shape index (κ3) is 3.70. The predicted octanol–water partition coefficient (Wildman–Crippen LogP) is 4.73. The Kier molecular flexibility index (Phi) is 4.78. The molecule has 3 rings (SSSR count). The molecule has 0 unspecified atom stereocenters. The molecule has 0 spiro atoms. The summed E-state index contributed by atoms with van der Waals surface area (Å²) in [6.45, 7) is 2.78. The van der Waals surface area contributed by atoms with Crippen LogP contribution in [0.4, 0.5) is 24.7 Å². The largest absolute Gasteiger partial charge is 0.417 e. The van der Waals surface area contributed by atoms with Crippen LogP contribution in [-0.4, -0.2) is 31.2 Å². The van der Waals surface area contributed by atoms with Crippen LogP contribution < -0.4 is 9.80 Å². The molecule has 0 amide bonds. The Morgan fingerprint density at radius 3 is 2.08 bits per heavy atom. The topological polar surface area (TPSA) is 19.4 Å². The van der Waals surface area contributed by atoms with Crippen LogP contribution in [-0.2, 0) is 6.18 Å². The molecule has 0 radical (unpaired) electrons. The molecule has 1 aliphatic rings. The molecule has 2 heterocycles. The second-order valence-electron chi connectivity index (χ2n) is 5.48. The van der Waals surface area contributed by atoms with E-state index in [9.17, 15) is 13.2 Å². The van der Waals surface area contributed by atoms with E-state index in [1.54, 1.807) is 6.07 Å². The van der Waals surface area contributed by atoms with Gasteiger partial charge in [0.1, 0.15) is 5.82 Å². The van der Waals surface area contributed by atoms with E-state index in [4.69, 9.17) is 23.2 Å². The fourth-order valence-corrected chi connectivity index (χ4v) is 2.91. The first-order valence-electron chi connectivity index (χ1n) is 7.33. The highest BCUT2D eigenvalue weighted by molar-refractivity contribution is 6.42. The van der Waals surface area contributed by atoms with Gasteiger partial charge >= 0.3 is 6.18 Å². The lowest BCUT2D eigenvalue weighted by molar-refractivity contribution is -0.137. The number of halogens is 5. The minimum absolute atomic E-state index is 0.501. The first-order chi connectivity index (χ1) is 11.3. The molecule has 1 fully saturated rings. The monoisotopic (exact) mass is 375 g/mol. The molecule has 3 nitrogen and oxygen atoms in total. The highest BCUT2D eigenvalue weighted by Gasteiger charge is 2.31. The van der Waals surface area contributed by atoms with E-state index in [-0.39, 0.29) is 0 Å². The van der Waals surface area contributed by atoms with Gasteiger partial charge in [-0.3, -0.25) is 0 Å². The molecular formula is C16H14Cl2F3N3. The van der Waals surface area contributed by atoms with Crippen molar-refractivity contribution >= 4 is 34.7 Å². The highest BCUT2D eigenvalue weighted by Crippen LogP contribution is 2.30. The number of rotatable bonds is 2. The summed E-state index contributed by atoms with van der Waals surface area (Å²) in [5, 5.41) is 1.01. The summed E-state index contributed by atoms with van der Waals surface area (Å²) < 4.78 is 37.7. The molecule has 1 saturated heterocycles. The van der Waals surface area contributed by atoms with Gasteiger partial charge in [0.2, 0.25) is 0 Å². The van der Waals surface area contributed by atoms with E-state index in [1.807, 2.05) is 17.0 Å². The molecule has 24 heavy (non-hydrogen) atoms. The van der Waals surface area contributed by atoms with Gasteiger partial charge in [-0.15, -0.1) is 0 Å². The Morgan fingerprint density at radius 2 is 1.54 bits per heavy atom. The van der Waals surface area contributed by atoms with Gasteiger partial charge < -0.3 is 9.80 Å². The van der Waals surface area contributed by atoms with Crippen molar-refractivity contribution in [3.05, 3.63) is 52.1 Å². The summed E-state index contributed by atoms with van der Waals surface area (Å²) in [5.74, 6) is 0.553. The van der Waals surface area contributed by atoms with Crippen molar-refractivity contribution in [3.63, 3.8) is 0 Å². The number of anilines is 2. The molecule has 2 aromatic rings.